The van der Waals surface area contributed by atoms with Crippen LogP contribution in [0, 0.1) is 11.3 Å². The summed E-state index contributed by atoms with van der Waals surface area (Å²) >= 11 is 1.56. The molecule has 0 atom stereocenters. The van der Waals surface area contributed by atoms with Crippen LogP contribution < -0.4 is 5.32 Å². The van der Waals surface area contributed by atoms with Gasteiger partial charge in [-0.15, -0.1) is 11.3 Å². The maximum absolute atomic E-state index is 12.1. The van der Waals surface area contributed by atoms with Gasteiger partial charge in [0, 0.05) is 24.4 Å². The third kappa shape index (κ3) is 4.29. The van der Waals surface area contributed by atoms with Crippen molar-refractivity contribution in [3.63, 3.8) is 0 Å². The molecule has 1 aromatic heterocycles. The van der Waals surface area contributed by atoms with Gasteiger partial charge in [-0.25, -0.2) is 0 Å². The first kappa shape index (κ1) is 16.9. The number of thiophene rings is 1. The fourth-order valence-electron chi connectivity index (χ4n) is 2.71. The number of anilines is 1. The Bertz CT molecular complexity index is 562. The van der Waals surface area contributed by atoms with Crippen molar-refractivity contribution >= 4 is 22.2 Å². The molecular formula is C16H23N3O2S. The molecule has 0 radical (unpaired) electrons. The summed E-state index contributed by atoms with van der Waals surface area (Å²) in [5, 5.41) is 21.9. The van der Waals surface area contributed by atoms with Crippen LogP contribution in [0.5, 0.6) is 0 Å². The summed E-state index contributed by atoms with van der Waals surface area (Å²) < 4.78 is 0. The monoisotopic (exact) mass is 321 g/mol. The standard InChI is InChI=1S/C16H23N3O2S/c1-19(9-10-20)8-7-15(21)18-16-13(11-17)12-5-3-2-4-6-14(12)22-16/h20H,2-10H2,1H3,(H,18,21). The SMILES string of the molecule is CN(CCO)CCC(=O)Nc1sc2c(c1C#N)CCCCC2. The number of nitriles is 1. The van der Waals surface area contributed by atoms with Gasteiger partial charge in [0.2, 0.25) is 5.91 Å². The molecule has 1 aliphatic rings. The summed E-state index contributed by atoms with van der Waals surface area (Å²) in [5.74, 6) is -0.0716. The fraction of sp³-hybridized carbons (Fsp3) is 0.625. The minimum atomic E-state index is -0.0716. The zero-order chi connectivity index (χ0) is 15.9. The lowest BCUT2D eigenvalue weighted by Gasteiger charge is -2.14. The van der Waals surface area contributed by atoms with Gasteiger partial charge in [0.1, 0.15) is 11.1 Å². The zero-order valence-corrected chi connectivity index (χ0v) is 13.8. The summed E-state index contributed by atoms with van der Waals surface area (Å²) in [6, 6.07) is 2.27. The van der Waals surface area contributed by atoms with E-state index in [0.29, 0.717) is 30.1 Å². The fourth-order valence-corrected chi connectivity index (χ4v) is 3.97. The van der Waals surface area contributed by atoms with Crippen LogP contribution >= 0.6 is 11.3 Å². The molecular weight excluding hydrogens is 298 g/mol. The molecule has 2 N–H and O–H groups in total. The van der Waals surface area contributed by atoms with Gasteiger partial charge in [-0.1, -0.05) is 6.42 Å². The maximum Gasteiger partial charge on any atom is 0.226 e. The Labute approximate surface area is 135 Å². The first-order valence-electron chi connectivity index (χ1n) is 7.79. The molecule has 0 bridgehead atoms. The van der Waals surface area contributed by atoms with Crippen molar-refractivity contribution in [3.05, 3.63) is 16.0 Å². The highest BCUT2D eigenvalue weighted by Gasteiger charge is 2.20. The number of likely N-dealkylation sites (N-methyl/N-ethyl adjacent to an activating group) is 1. The second-order valence-corrected chi connectivity index (χ2v) is 6.81. The van der Waals surface area contributed by atoms with Crippen LogP contribution in [0.15, 0.2) is 0 Å². The van der Waals surface area contributed by atoms with Crippen LogP contribution in [0.1, 0.15) is 41.7 Å². The highest BCUT2D eigenvalue weighted by molar-refractivity contribution is 7.16. The van der Waals surface area contributed by atoms with Crippen molar-refractivity contribution < 1.29 is 9.90 Å². The quantitative estimate of drug-likeness (QED) is 0.787. The predicted molar refractivity (Wildman–Crippen MR) is 88.1 cm³/mol. The summed E-state index contributed by atoms with van der Waals surface area (Å²) in [6.45, 7) is 1.25. The molecule has 0 spiro atoms. The Balaban J connectivity index is 2.01. The second-order valence-electron chi connectivity index (χ2n) is 5.71. The van der Waals surface area contributed by atoms with Gasteiger partial charge in [0.25, 0.3) is 0 Å². The van der Waals surface area contributed by atoms with Crippen molar-refractivity contribution in [2.24, 2.45) is 0 Å². The maximum atomic E-state index is 12.1. The van der Waals surface area contributed by atoms with Gasteiger partial charge >= 0.3 is 0 Å². The van der Waals surface area contributed by atoms with Crippen molar-refractivity contribution in [1.82, 2.24) is 4.90 Å². The molecule has 1 aromatic rings. The van der Waals surface area contributed by atoms with Crippen molar-refractivity contribution in [2.45, 2.75) is 38.5 Å². The van der Waals surface area contributed by atoms with Gasteiger partial charge in [0.05, 0.1) is 12.2 Å². The zero-order valence-electron chi connectivity index (χ0n) is 13.0. The number of hydrogen-bond acceptors (Lipinski definition) is 5. The minimum absolute atomic E-state index is 0.0716. The van der Waals surface area contributed by atoms with Crippen molar-refractivity contribution in [3.8, 4) is 6.07 Å². The molecule has 1 aliphatic carbocycles. The van der Waals surface area contributed by atoms with Crippen LogP contribution in [0.4, 0.5) is 5.00 Å². The summed E-state index contributed by atoms with van der Waals surface area (Å²) in [4.78, 5) is 15.2. The largest absolute Gasteiger partial charge is 0.395 e. The number of aliphatic hydroxyl groups is 1. The predicted octanol–water partition coefficient (Wildman–Crippen LogP) is 2.14. The van der Waals surface area contributed by atoms with E-state index in [1.54, 1.807) is 11.3 Å². The molecule has 0 saturated heterocycles. The number of rotatable bonds is 6. The summed E-state index contributed by atoms with van der Waals surface area (Å²) in [6.07, 6.45) is 5.83. The number of amides is 1. The molecule has 5 nitrogen and oxygen atoms in total. The number of carbonyl (C=O) groups is 1. The lowest BCUT2D eigenvalue weighted by Crippen LogP contribution is -2.26. The molecule has 120 valence electrons. The van der Waals surface area contributed by atoms with E-state index in [1.165, 1.54) is 11.3 Å². The first-order chi connectivity index (χ1) is 10.7. The minimum Gasteiger partial charge on any atom is -0.395 e. The Morgan fingerprint density at radius 1 is 1.36 bits per heavy atom. The van der Waals surface area contributed by atoms with E-state index in [1.807, 2.05) is 11.9 Å². The van der Waals surface area contributed by atoms with E-state index in [0.717, 1.165) is 31.2 Å². The Morgan fingerprint density at radius 3 is 2.86 bits per heavy atom. The van der Waals surface area contributed by atoms with Gasteiger partial charge in [-0.2, -0.15) is 5.26 Å². The van der Waals surface area contributed by atoms with E-state index in [2.05, 4.69) is 11.4 Å². The number of aliphatic hydroxyl groups excluding tert-OH is 1. The van der Waals surface area contributed by atoms with E-state index in [4.69, 9.17) is 5.11 Å². The highest BCUT2D eigenvalue weighted by Crippen LogP contribution is 2.36. The molecule has 1 amide bonds. The lowest BCUT2D eigenvalue weighted by atomic mass is 10.1. The molecule has 0 unspecified atom stereocenters. The molecule has 22 heavy (non-hydrogen) atoms. The average molecular weight is 321 g/mol. The van der Waals surface area contributed by atoms with Gasteiger partial charge in [-0.3, -0.25) is 4.79 Å². The van der Waals surface area contributed by atoms with E-state index < -0.39 is 0 Å². The lowest BCUT2D eigenvalue weighted by molar-refractivity contribution is -0.116. The summed E-state index contributed by atoms with van der Waals surface area (Å²) in [5.41, 5.74) is 1.82. The van der Waals surface area contributed by atoms with Crippen LogP contribution in [0.2, 0.25) is 0 Å². The highest BCUT2D eigenvalue weighted by atomic mass is 32.1. The normalized spacial score (nSPS) is 14.3. The molecule has 2 rings (SSSR count). The van der Waals surface area contributed by atoms with Gasteiger partial charge in [-0.05, 0) is 38.3 Å². The molecule has 0 aliphatic heterocycles. The number of hydrogen-bond donors (Lipinski definition) is 2. The molecule has 0 fully saturated rings. The van der Waals surface area contributed by atoms with E-state index in [9.17, 15) is 10.1 Å². The van der Waals surface area contributed by atoms with Crippen molar-refractivity contribution in [1.29, 1.82) is 5.26 Å². The average Bonchev–Trinajstić information content (AvgIpc) is 2.66. The Kier molecular flexibility index (Phi) is 6.37. The number of nitrogens with one attached hydrogen (secondary N) is 1. The Morgan fingerprint density at radius 2 is 2.14 bits per heavy atom. The third-order valence-electron chi connectivity index (χ3n) is 3.99. The molecule has 0 aromatic carbocycles. The molecule has 0 saturated carbocycles. The van der Waals surface area contributed by atoms with Gasteiger partial charge < -0.3 is 15.3 Å². The smallest absolute Gasteiger partial charge is 0.226 e. The van der Waals surface area contributed by atoms with Crippen LogP contribution in [-0.4, -0.2) is 42.7 Å². The number of aryl methyl sites for hydroxylation is 1. The number of fused-ring (bicyclic) bond motifs is 1. The molecule has 6 heteroatoms. The van der Waals surface area contributed by atoms with Gasteiger partial charge in [0.15, 0.2) is 0 Å². The number of nitrogens with zero attached hydrogens (tertiary/aromatic N) is 2. The van der Waals surface area contributed by atoms with E-state index in [-0.39, 0.29) is 12.5 Å². The summed E-state index contributed by atoms with van der Waals surface area (Å²) in [7, 11) is 1.87. The molecule has 1 heterocycles. The van der Waals surface area contributed by atoms with Crippen LogP contribution in [0.25, 0.3) is 0 Å². The second kappa shape index (κ2) is 8.28. The van der Waals surface area contributed by atoms with Crippen LogP contribution in [-0.2, 0) is 17.6 Å². The third-order valence-corrected chi connectivity index (χ3v) is 5.20. The van der Waals surface area contributed by atoms with Crippen molar-refractivity contribution in [2.75, 3.05) is 32.1 Å². The van der Waals surface area contributed by atoms with E-state index >= 15 is 0 Å². The first-order valence-corrected chi connectivity index (χ1v) is 8.61. The Hall–Kier alpha value is -1.42. The van der Waals surface area contributed by atoms with Crippen LogP contribution in [0.3, 0.4) is 0 Å². The number of carbonyl (C=O) groups excluding carboxylic acids is 1. The topological polar surface area (TPSA) is 76.4 Å².